The summed E-state index contributed by atoms with van der Waals surface area (Å²) in [5.41, 5.74) is 1.01. The van der Waals surface area contributed by atoms with Crippen LogP contribution in [-0.4, -0.2) is 44.8 Å². The van der Waals surface area contributed by atoms with Crippen LogP contribution in [-0.2, 0) is 11.3 Å². The predicted molar refractivity (Wildman–Crippen MR) is 76.5 cm³/mol. The van der Waals surface area contributed by atoms with Gasteiger partial charge >= 0.3 is 0 Å². The third-order valence-corrected chi connectivity index (χ3v) is 4.21. The first-order chi connectivity index (χ1) is 10.8. The van der Waals surface area contributed by atoms with E-state index in [4.69, 9.17) is 4.74 Å². The molecule has 4 rings (SSSR count). The minimum Gasteiger partial charge on any atom is -0.371 e. The SMILES string of the molecule is Fc1ccc([C@H]2CN(Cc3nnnn3C3CC3)CCO2)cc1. The van der Waals surface area contributed by atoms with Crippen LogP contribution in [0, 0.1) is 5.82 Å². The average Bonchev–Trinajstić information content (AvgIpc) is 3.28. The van der Waals surface area contributed by atoms with Crippen molar-refractivity contribution in [1.82, 2.24) is 25.1 Å². The molecule has 0 N–H and O–H groups in total. The fraction of sp³-hybridized carbons (Fsp3) is 0.533. The maximum absolute atomic E-state index is 13.0. The van der Waals surface area contributed by atoms with E-state index in [1.54, 1.807) is 12.1 Å². The van der Waals surface area contributed by atoms with E-state index in [1.807, 2.05) is 4.68 Å². The first kappa shape index (κ1) is 13.8. The standard InChI is InChI=1S/C15H18FN5O/c16-12-3-1-11(2-4-12)14-9-20(7-8-22-14)10-15-17-18-19-21(15)13-5-6-13/h1-4,13-14H,5-10H2/t14-/m1/s1. The zero-order valence-electron chi connectivity index (χ0n) is 12.2. The van der Waals surface area contributed by atoms with Gasteiger partial charge in [0.1, 0.15) is 5.82 Å². The van der Waals surface area contributed by atoms with Crippen LogP contribution in [0.2, 0.25) is 0 Å². The summed E-state index contributed by atoms with van der Waals surface area (Å²) in [6.07, 6.45) is 2.30. The number of ether oxygens (including phenoxy) is 1. The number of hydrogen-bond acceptors (Lipinski definition) is 5. The van der Waals surface area contributed by atoms with E-state index < -0.39 is 0 Å². The lowest BCUT2D eigenvalue weighted by molar-refractivity contribution is -0.0340. The molecule has 2 aromatic rings. The topological polar surface area (TPSA) is 56.1 Å². The molecule has 2 fully saturated rings. The van der Waals surface area contributed by atoms with Crippen molar-refractivity contribution in [3.8, 4) is 0 Å². The van der Waals surface area contributed by atoms with Crippen LogP contribution in [0.4, 0.5) is 4.39 Å². The molecule has 1 aromatic heterocycles. The van der Waals surface area contributed by atoms with Gasteiger partial charge < -0.3 is 4.74 Å². The lowest BCUT2D eigenvalue weighted by Crippen LogP contribution is -2.38. The van der Waals surface area contributed by atoms with Crippen LogP contribution in [0.3, 0.4) is 0 Å². The molecule has 0 radical (unpaired) electrons. The van der Waals surface area contributed by atoms with Gasteiger partial charge in [0, 0.05) is 13.1 Å². The van der Waals surface area contributed by atoms with Crippen LogP contribution >= 0.6 is 0 Å². The number of halogens is 1. The number of rotatable bonds is 4. The smallest absolute Gasteiger partial charge is 0.165 e. The third kappa shape index (κ3) is 2.86. The Morgan fingerprint density at radius 3 is 2.82 bits per heavy atom. The maximum Gasteiger partial charge on any atom is 0.165 e. The van der Waals surface area contributed by atoms with Crippen LogP contribution in [0.15, 0.2) is 24.3 Å². The molecule has 7 heteroatoms. The number of benzene rings is 1. The Morgan fingerprint density at radius 2 is 2.05 bits per heavy atom. The van der Waals surface area contributed by atoms with Gasteiger partial charge in [-0.3, -0.25) is 4.90 Å². The lowest BCUT2D eigenvalue weighted by atomic mass is 10.1. The number of morpholine rings is 1. The molecule has 1 aliphatic carbocycles. The Kier molecular flexibility index (Phi) is 3.59. The van der Waals surface area contributed by atoms with Crippen LogP contribution in [0.25, 0.3) is 0 Å². The maximum atomic E-state index is 13.0. The van der Waals surface area contributed by atoms with Gasteiger partial charge in [0.05, 0.1) is 25.3 Å². The molecule has 0 unspecified atom stereocenters. The molecular formula is C15H18FN5O. The number of hydrogen-bond donors (Lipinski definition) is 0. The molecular weight excluding hydrogens is 285 g/mol. The van der Waals surface area contributed by atoms with Crippen molar-refractivity contribution in [2.24, 2.45) is 0 Å². The largest absolute Gasteiger partial charge is 0.371 e. The molecule has 22 heavy (non-hydrogen) atoms. The number of tetrazole rings is 1. The van der Waals surface area contributed by atoms with Gasteiger partial charge in [0.25, 0.3) is 0 Å². The summed E-state index contributed by atoms with van der Waals surface area (Å²) in [4.78, 5) is 2.29. The molecule has 1 atom stereocenters. The third-order valence-electron chi connectivity index (χ3n) is 4.21. The Hall–Kier alpha value is -1.86. The molecule has 1 aromatic carbocycles. The molecule has 1 aliphatic heterocycles. The van der Waals surface area contributed by atoms with Crippen molar-refractivity contribution < 1.29 is 9.13 Å². The Morgan fingerprint density at radius 1 is 1.23 bits per heavy atom. The fourth-order valence-corrected chi connectivity index (χ4v) is 2.84. The second-order valence-corrected chi connectivity index (χ2v) is 5.92. The minimum atomic E-state index is -0.222. The Balaban J connectivity index is 1.44. The van der Waals surface area contributed by atoms with E-state index in [0.29, 0.717) is 12.6 Å². The summed E-state index contributed by atoms with van der Waals surface area (Å²) in [5.74, 6) is 0.697. The molecule has 0 bridgehead atoms. The monoisotopic (exact) mass is 303 g/mol. The molecule has 116 valence electrons. The van der Waals surface area contributed by atoms with Crippen molar-refractivity contribution in [3.05, 3.63) is 41.5 Å². The molecule has 1 saturated heterocycles. The quantitative estimate of drug-likeness (QED) is 0.861. The van der Waals surface area contributed by atoms with E-state index >= 15 is 0 Å². The highest BCUT2D eigenvalue weighted by Gasteiger charge is 2.29. The van der Waals surface area contributed by atoms with Crippen molar-refractivity contribution in [2.45, 2.75) is 31.5 Å². The number of nitrogens with zero attached hydrogens (tertiary/aromatic N) is 5. The molecule has 2 heterocycles. The molecule has 2 aliphatic rings. The van der Waals surface area contributed by atoms with Crippen molar-refractivity contribution >= 4 is 0 Å². The first-order valence-corrected chi connectivity index (χ1v) is 7.66. The molecule has 0 spiro atoms. The predicted octanol–water partition coefficient (Wildman–Crippen LogP) is 1.72. The normalized spacial score (nSPS) is 22.9. The molecule has 0 amide bonds. The van der Waals surface area contributed by atoms with E-state index in [9.17, 15) is 4.39 Å². The second kappa shape index (κ2) is 5.73. The van der Waals surface area contributed by atoms with Crippen LogP contribution < -0.4 is 0 Å². The van der Waals surface area contributed by atoms with E-state index in [2.05, 4.69) is 20.4 Å². The Labute approximate surface area is 127 Å². The van der Waals surface area contributed by atoms with E-state index in [1.165, 1.54) is 25.0 Å². The van der Waals surface area contributed by atoms with E-state index in [0.717, 1.165) is 31.0 Å². The van der Waals surface area contributed by atoms with Crippen LogP contribution in [0.1, 0.15) is 36.4 Å². The second-order valence-electron chi connectivity index (χ2n) is 5.92. The van der Waals surface area contributed by atoms with E-state index in [-0.39, 0.29) is 11.9 Å². The lowest BCUT2D eigenvalue weighted by Gasteiger charge is -2.32. The molecule has 6 nitrogen and oxygen atoms in total. The van der Waals surface area contributed by atoms with Crippen molar-refractivity contribution in [3.63, 3.8) is 0 Å². The zero-order valence-corrected chi connectivity index (χ0v) is 12.2. The van der Waals surface area contributed by atoms with Crippen molar-refractivity contribution in [2.75, 3.05) is 19.7 Å². The summed E-state index contributed by atoms with van der Waals surface area (Å²) in [7, 11) is 0. The fourth-order valence-electron chi connectivity index (χ4n) is 2.84. The van der Waals surface area contributed by atoms with Gasteiger partial charge in [-0.15, -0.1) is 5.10 Å². The highest BCUT2D eigenvalue weighted by atomic mass is 19.1. The van der Waals surface area contributed by atoms with Gasteiger partial charge in [-0.2, -0.15) is 0 Å². The summed E-state index contributed by atoms with van der Waals surface area (Å²) in [6, 6.07) is 7.02. The summed E-state index contributed by atoms with van der Waals surface area (Å²) >= 11 is 0. The zero-order chi connectivity index (χ0) is 14.9. The van der Waals surface area contributed by atoms with Crippen LogP contribution in [0.5, 0.6) is 0 Å². The van der Waals surface area contributed by atoms with Gasteiger partial charge in [-0.1, -0.05) is 12.1 Å². The minimum absolute atomic E-state index is 0.0281. The average molecular weight is 303 g/mol. The summed E-state index contributed by atoms with van der Waals surface area (Å²) in [6.45, 7) is 3.01. The van der Waals surface area contributed by atoms with Crippen molar-refractivity contribution in [1.29, 1.82) is 0 Å². The molecule has 1 saturated carbocycles. The highest BCUT2D eigenvalue weighted by Crippen LogP contribution is 2.34. The number of aromatic nitrogens is 4. The van der Waals surface area contributed by atoms with Gasteiger partial charge in [-0.25, -0.2) is 9.07 Å². The van der Waals surface area contributed by atoms with Gasteiger partial charge in [0.15, 0.2) is 5.82 Å². The Bertz CT molecular complexity index is 640. The van der Waals surface area contributed by atoms with Gasteiger partial charge in [-0.05, 0) is 41.0 Å². The first-order valence-electron chi connectivity index (χ1n) is 7.66. The van der Waals surface area contributed by atoms with Gasteiger partial charge in [0.2, 0.25) is 0 Å². The summed E-state index contributed by atoms with van der Waals surface area (Å²) < 4.78 is 20.8. The summed E-state index contributed by atoms with van der Waals surface area (Å²) in [5, 5.41) is 12.0. The highest BCUT2D eigenvalue weighted by molar-refractivity contribution is 5.19.